The van der Waals surface area contributed by atoms with E-state index in [1.165, 1.54) is 0 Å². The molecule has 0 bridgehead atoms. The van der Waals surface area contributed by atoms with Gasteiger partial charge in [0, 0.05) is 12.1 Å². The number of aromatic nitrogens is 4. The first-order valence-electron chi connectivity index (χ1n) is 7.55. The van der Waals surface area contributed by atoms with Gasteiger partial charge in [0.15, 0.2) is 11.3 Å². The Bertz CT molecular complexity index is 941. The molecular formula is C18H16N4. The number of aryl methyl sites for hydroxylation is 1. The summed E-state index contributed by atoms with van der Waals surface area (Å²) in [6.07, 6.45) is 1.03. The first-order chi connectivity index (χ1) is 10.9. The van der Waals surface area contributed by atoms with E-state index in [1.807, 2.05) is 42.5 Å². The Kier molecular flexibility index (Phi) is 3.07. The van der Waals surface area contributed by atoms with E-state index in [2.05, 4.69) is 28.6 Å². The Morgan fingerprint density at radius 3 is 2.23 bits per heavy atom. The maximum Gasteiger partial charge on any atom is 0.198 e. The van der Waals surface area contributed by atoms with E-state index in [9.17, 15) is 0 Å². The lowest BCUT2D eigenvalue weighted by Gasteiger charge is -2.07. The Morgan fingerprint density at radius 1 is 0.818 bits per heavy atom. The second-order valence-electron chi connectivity index (χ2n) is 5.31. The van der Waals surface area contributed by atoms with Gasteiger partial charge in [-0.3, -0.25) is 0 Å². The van der Waals surface area contributed by atoms with E-state index in [1.54, 1.807) is 0 Å². The highest BCUT2D eigenvalue weighted by Gasteiger charge is 2.15. The number of imidazole rings is 1. The monoisotopic (exact) mass is 288 g/mol. The van der Waals surface area contributed by atoms with Crippen molar-refractivity contribution < 1.29 is 0 Å². The fourth-order valence-electron chi connectivity index (χ4n) is 2.74. The predicted molar refractivity (Wildman–Crippen MR) is 88.6 cm³/mol. The summed E-state index contributed by atoms with van der Waals surface area (Å²) in [6, 6.07) is 18.2. The SMILES string of the molecule is CCCn1c(-c2ccccc2)nc2nc3ccccc3nc21. The molecule has 0 aliphatic heterocycles. The molecular weight excluding hydrogens is 272 g/mol. The van der Waals surface area contributed by atoms with Crippen LogP contribution in [0.1, 0.15) is 13.3 Å². The molecule has 0 spiro atoms. The van der Waals surface area contributed by atoms with Crippen molar-refractivity contribution in [3.8, 4) is 11.4 Å². The first kappa shape index (κ1) is 13.0. The minimum atomic E-state index is 0.714. The minimum absolute atomic E-state index is 0.714. The molecule has 22 heavy (non-hydrogen) atoms. The third-order valence-corrected chi connectivity index (χ3v) is 3.74. The lowest BCUT2D eigenvalue weighted by Crippen LogP contribution is -2.01. The zero-order valence-corrected chi connectivity index (χ0v) is 12.4. The van der Waals surface area contributed by atoms with Gasteiger partial charge >= 0.3 is 0 Å². The molecule has 0 N–H and O–H groups in total. The van der Waals surface area contributed by atoms with Gasteiger partial charge in [0.2, 0.25) is 0 Å². The first-order valence-corrected chi connectivity index (χ1v) is 7.55. The van der Waals surface area contributed by atoms with E-state index in [0.717, 1.165) is 41.0 Å². The molecule has 4 aromatic rings. The van der Waals surface area contributed by atoms with Gasteiger partial charge in [-0.1, -0.05) is 49.4 Å². The van der Waals surface area contributed by atoms with Crippen molar-refractivity contribution in [2.75, 3.05) is 0 Å². The van der Waals surface area contributed by atoms with Crippen LogP contribution in [0.3, 0.4) is 0 Å². The van der Waals surface area contributed by atoms with Crippen LogP contribution in [0, 0.1) is 0 Å². The number of benzene rings is 2. The van der Waals surface area contributed by atoms with Crippen molar-refractivity contribution in [3.63, 3.8) is 0 Å². The van der Waals surface area contributed by atoms with Crippen molar-refractivity contribution in [1.82, 2.24) is 19.5 Å². The maximum absolute atomic E-state index is 4.78. The van der Waals surface area contributed by atoms with Crippen LogP contribution in [-0.2, 0) is 6.54 Å². The van der Waals surface area contributed by atoms with Crippen LogP contribution < -0.4 is 0 Å². The average Bonchev–Trinajstić information content (AvgIpc) is 2.92. The van der Waals surface area contributed by atoms with Crippen molar-refractivity contribution >= 4 is 22.3 Å². The topological polar surface area (TPSA) is 43.6 Å². The van der Waals surface area contributed by atoms with Gasteiger partial charge in [0.1, 0.15) is 5.82 Å². The molecule has 2 aromatic heterocycles. The Morgan fingerprint density at radius 2 is 1.50 bits per heavy atom. The quantitative estimate of drug-likeness (QED) is 0.571. The highest BCUT2D eigenvalue weighted by atomic mass is 15.2. The van der Waals surface area contributed by atoms with Crippen LogP contribution in [0.25, 0.3) is 33.7 Å². The summed E-state index contributed by atoms with van der Waals surface area (Å²) < 4.78 is 2.17. The second-order valence-corrected chi connectivity index (χ2v) is 5.31. The lowest BCUT2D eigenvalue weighted by molar-refractivity contribution is 0.699. The molecule has 0 fully saturated rings. The highest BCUT2D eigenvalue weighted by molar-refractivity contribution is 5.84. The molecule has 0 saturated heterocycles. The summed E-state index contributed by atoms with van der Waals surface area (Å²) in [5, 5.41) is 0. The molecule has 0 unspecified atom stereocenters. The fourth-order valence-corrected chi connectivity index (χ4v) is 2.74. The molecule has 0 radical (unpaired) electrons. The Hall–Kier alpha value is -2.75. The second kappa shape index (κ2) is 5.22. The summed E-state index contributed by atoms with van der Waals surface area (Å²) in [7, 11) is 0. The molecule has 0 aliphatic rings. The van der Waals surface area contributed by atoms with Gasteiger partial charge < -0.3 is 4.57 Å². The minimum Gasteiger partial charge on any atom is -0.307 e. The van der Waals surface area contributed by atoms with E-state index in [-0.39, 0.29) is 0 Å². The third kappa shape index (κ3) is 2.04. The van der Waals surface area contributed by atoms with Crippen LogP contribution in [0.2, 0.25) is 0 Å². The van der Waals surface area contributed by atoms with Gasteiger partial charge in [0.05, 0.1) is 11.0 Å². The van der Waals surface area contributed by atoms with Crippen LogP contribution in [0.4, 0.5) is 0 Å². The fraction of sp³-hybridized carbons (Fsp3) is 0.167. The molecule has 0 atom stereocenters. The Balaban J connectivity index is 2.04. The van der Waals surface area contributed by atoms with Crippen LogP contribution in [0.15, 0.2) is 54.6 Å². The highest BCUT2D eigenvalue weighted by Crippen LogP contribution is 2.24. The van der Waals surface area contributed by atoms with E-state index < -0.39 is 0 Å². The number of nitrogens with zero attached hydrogens (tertiary/aromatic N) is 4. The van der Waals surface area contributed by atoms with Gasteiger partial charge in [-0.05, 0) is 18.6 Å². The smallest absolute Gasteiger partial charge is 0.198 e. The summed E-state index contributed by atoms with van der Waals surface area (Å²) in [4.78, 5) is 14.2. The summed E-state index contributed by atoms with van der Waals surface area (Å²) in [5.41, 5.74) is 4.47. The zero-order chi connectivity index (χ0) is 14.9. The van der Waals surface area contributed by atoms with Crippen molar-refractivity contribution in [1.29, 1.82) is 0 Å². The summed E-state index contributed by atoms with van der Waals surface area (Å²) in [5.74, 6) is 0.938. The number of fused-ring (bicyclic) bond motifs is 2. The van der Waals surface area contributed by atoms with Crippen molar-refractivity contribution in [3.05, 3.63) is 54.6 Å². The molecule has 0 saturated carbocycles. The molecule has 4 rings (SSSR count). The number of para-hydroxylation sites is 2. The number of hydrogen-bond acceptors (Lipinski definition) is 3. The van der Waals surface area contributed by atoms with Crippen molar-refractivity contribution in [2.45, 2.75) is 19.9 Å². The van der Waals surface area contributed by atoms with Crippen LogP contribution in [-0.4, -0.2) is 19.5 Å². The third-order valence-electron chi connectivity index (χ3n) is 3.74. The van der Waals surface area contributed by atoms with Crippen molar-refractivity contribution in [2.24, 2.45) is 0 Å². The maximum atomic E-state index is 4.78. The number of hydrogen-bond donors (Lipinski definition) is 0. The molecule has 2 aromatic carbocycles. The largest absolute Gasteiger partial charge is 0.307 e. The average molecular weight is 288 g/mol. The van der Waals surface area contributed by atoms with Crippen LogP contribution in [0.5, 0.6) is 0 Å². The van der Waals surface area contributed by atoms with Gasteiger partial charge in [-0.15, -0.1) is 0 Å². The predicted octanol–water partition coefficient (Wildman–Crippen LogP) is 4.06. The van der Waals surface area contributed by atoms with Gasteiger partial charge in [0.25, 0.3) is 0 Å². The number of rotatable bonds is 3. The van der Waals surface area contributed by atoms with E-state index >= 15 is 0 Å². The Labute approximate surface area is 128 Å². The summed E-state index contributed by atoms with van der Waals surface area (Å²) in [6.45, 7) is 3.04. The molecule has 4 heteroatoms. The van der Waals surface area contributed by atoms with E-state index in [4.69, 9.17) is 9.97 Å². The molecule has 108 valence electrons. The molecule has 0 amide bonds. The van der Waals surface area contributed by atoms with Gasteiger partial charge in [-0.2, -0.15) is 0 Å². The van der Waals surface area contributed by atoms with Crippen LogP contribution >= 0.6 is 0 Å². The zero-order valence-electron chi connectivity index (χ0n) is 12.4. The summed E-state index contributed by atoms with van der Waals surface area (Å²) >= 11 is 0. The molecule has 4 nitrogen and oxygen atoms in total. The van der Waals surface area contributed by atoms with E-state index in [0.29, 0.717) is 5.65 Å². The lowest BCUT2D eigenvalue weighted by atomic mass is 10.2. The standard InChI is InChI=1S/C18H16N4/c1-2-12-22-17(13-8-4-3-5-9-13)21-16-18(22)20-15-11-7-6-10-14(15)19-16/h3-11H,2,12H2,1H3. The normalized spacial score (nSPS) is 11.3. The van der Waals surface area contributed by atoms with Gasteiger partial charge in [-0.25, -0.2) is 15.0 Å². The molecule has 2 heterocycles. The molecule has 0 aliphatic carbocycles.